The van der Waals surface area contributed by atoms with Gasteiger partial charge in [-0.2, -0.15) is 22.0 Å². The molecule has 0 aromatic heterocycles. The maximum Gasteiger partial charge on any atom is 0.453 e. The Morgan fingerprint density at radius 1 is 0.848 bits per heavy atom. The predicted octanol–water partition coefficient (Wildman–Crippen LogP) is 9.12. The average molecular weight is 678 g/mol. The number of aryl methyl sites for hydroxylation is 1. The van der Waals surface area contributed by atoms with Crippen LogP contribution in [0.2, 0.25) is 0 Å². The maximum absolute atomic E-state index is 14.1. The Labute approximate surface area is 266 Å². The molecule has 1 fully saturated rings. The second kappa shape index (κ2) is 15.5. The molecule has 1 N–H and O–H groups in total. The SMILES string of the molecule is O=S(=O)(CCCC(F)(F)C(F)(F)F)CCC1CCCN1CCCCCCC1=C(c2cc(F)cc(F)c2)CCCc2cc(O)ccc21. The molecule has 0 radical (unpaired) electrons. The zero-order valence-corrected chi connectivity index (χ0v) is 26.6. The Morgan fingerprint density at radius 3 is 2.28 bits per heavy atom. The normalized spacial score (nSPS) is 18.2. The summed E-state index contributed by atoms with van der Waals surface area (Å²) in [5.74, 6) is -6.89. The van der Waals surface area contributed by atoms with E-state index in [1.54, 1.807) is 12.1 Å². The maximum atomic E-state index is 14.1. The number of aromatic hydroxyl groups is 1. The summed E-state index contributed by atoms with van der Waals surface area (Å²) in [4.78, 5) is 2.24. The zero-order chi connectivity index (χ0) is 33.5. The van der Waals surface area contributed by atoms with E-state index in [0.29, 0.717) is 24.8 Å². The topological polar surface area (TPSA) is 57.6 Å². The largest absolute Gasteiger partial charge is 0.508 e. The quantitative estimate of drug-likeness (QED) is 0.151. The summed E-state index contributed by atoms with van der Waals surface area (Å²) in [7, 11) is -3.75. The van der Waals surface area contributed by atoms with Crippen LogP contribution in [0.4, 0.5) is 30.7 Å². The summed E-state index contributed by atoms with van der Waals surface area (Å²) >= 11 is 0. The summed E-state index contributed by atoms with van der Waals surface area (Å²) in [5.41, 5.74) is 4.52. The fourth-order valence-electron chi connectivity index (χ4n) is 6.74. The first-order valence-electron chi connectivity index (χ1n) is 16.0. The molecule has 1 aliphatic carbocycles. The van der Waals surface area contributed by atoms with E-state index in [9.17, 15) is 44.3 Å². The lowest BCUT2D eigenvalue weighted by atomic mass is 9.89. The molecule has 0 amide bonds. The van der Waals surface area contributed by atoms with Crippen molar-refractivity contribution in [1.29, 1.82) is 0 Å². The van der Waals surface area contributed by atoms with Gasteiger partial charge in [0.15, 0.2) is 0 Å². The molecular formula is C34H42F7NO3S. The number of hydrogen-bond donors (Lipinski definition) is 1. The monoisotopic (exact) mass is 677 g/mol. The van der Waals surface area contributed by atoms with Gasteiger partial charge in [0.1, 0.15) is 27.2 Å². The summed E-state index contributed by atoms with van der Waals surface area (Å²) in [6.07, 6.45) is 0.589. The predicted molar refractivity (Wildman–Crippen MR) is 165 cm³/mol. The van der Waals surface area contributed by atoms with Gasteiger partial charge in [-0.3, -0.25) is 0 Å². The minimum absolute atomic E-state index is 0.0321. The van der Waals surface area contributed by atoms with Crippen molar-refractivity contribution in [2.75, 3.05) is 24.6 Å². The molecule has 2 aromatic carbocycles. The highest BCUT2D eigenvalue weighted by Gasteiger charge is 2.56. The van der Waals surface area contributed by atoms with Crippen LogP contribution in [-0.4, -0.2) is 61.2 Å². The van der Waals surface area contributed by atoms with Gasteiger partial charge in [-0.05, 0) is 129 Å². The highest BCUT2D eigenvalue weighted by atomic mass is 32.2. The van der Waals surface area contributed by atoms with Crippen molar-refractivity contribution in [3.05, 3.63) is 64.7 Å². The van der Waals surface area contributed by atoms with Crippen LogP contribution in [0.25, 0.3) is 11.1 Å². The highest BCUT2D eigenvalue weighted by Crippen LogP contribution is 2.41. The Morgan fingerprint density at radius 2 is 1.57 bits per heavy atom. The molecule has 12 heteroatoms. The molecule has 4 rings (SSSR count). The number of sulfone groups is 1. The van der Waals surface area contributed by atoms with Crippen molar-refractivity contribution < 1.29 is 44.3 Å². The number of alkyl halides is 5. The van der Waals surface area contributed by atoms with E-state index in [0.717, 1.165) is 92.8 Å². The fraction of sp³-hybridized carbons (Fsp3) is 0.588. The number of halogens is 7. The van der Waals surface area contributed by atoms with E-state index in [2.05, 4.69) is 4.90 Å². The number of phenolic OH excluding ortho intramolecular Hbond substituents is 1. The Kier molecular flexibility index (Phi) is 12.2. The summed E-state index contributed by atoms with van der Waals surface area (Å²) in [6.45, 7) is 1.60. The molecule has 0 saturated carbocycles. The van der Waals surface area contributed by atoms with Crippen LogP contribution in [0.3, 0.4) is 0 Å². The lowest BCUT2D eigenvalue weighted by molar-refractivity contribution is -0.284. The summed E-state index contributed by atoms with van der Waals surface area (Å²) in [6, 6.07) is 8.91. The lowest BCUT2D eigenvalue weighted by Crippen LogP contribution is -2.36. The van der Waals surface area contributed by atoms with Gasteiger partial charge in [-0.15, -0.1) is 0 Å². The molecule has 2 aromatic rings. The number of nitrogens with zero attached hydrogens (tertiary/aromatic N) is 1. The van der Waals surface area contributed by atoms with E-state index in [-0.39, 0.29) is 17.5 Å². The molecule has 46 heavy (non-hydrogen) atoms. The second-order valence-corrected chi connectivity index (χ2v) is 14.9. The third-order valence-electron chi connectivity index (χ3n) is 9.11. The van der Waals surface area contributed by atoms with Crippen molar-refractivity contribution in [2.45, 2.75) is 102 Å². The first-order valence-corrected chi connectivity index (χ1v) is 17.9. The van der Waals surface area contributed by atoms with Crippen LogP contribution in [0.5, 0.6) is 5.75 Å². The smallest absolute Gasteiger partial charge is 0.453 e. The number of likely N-dealkylation sites (tertiary alicyclic amines) is 1. The van der Waals surface area contributed by atoms with Crippen LogP contribution in [0.15, 0.2) is 36.4 Å². The van der Waals surface area contributed by atoms with Crippen LogP contribution < -0.4 is 0 Å². The van der Waals surface area contributed by atoms with Crippen molar-refractivity contribution in [1.82, 2.24) is 4.90 Å². The minimum Gasteiger partial charge on any atom is -0.508 e. The van der Waals surface area contributed by atoms with Gasteiger partial charge in [0.05, 0.1) is 11.5 Å². The number of allylic oxidation sites excluding steroid dienone is 2. The van der Waals surface area contributed by atoms with Crippen LogP contribution >= 0.6 is 0 Å². The molecule has 1 atom stereocenters. The first kappa shape index (κ1) is 36.2. The lowest BCUT2D eigenvalue weighted by Gasteiger charge is -2.24. The number of benzene rings is 2. The van der Waals surface area contributed by atoms with Gasteiger partial charge in [-0.25, -0.2) is 17.2 Å². The van der Waals surface area contributed by atoms with Gasteiger partial charge < -0.3 is 10.0 Å². The minimum atomic E-state index is -5.68. The van der Waals surface area contributed by atoms with Crippen LogP contribution in [0, 0.1) is 11.6 Å². The Hall–Kier alpha value is -2.60. The summed E-state index contributed by atoms with van der Waals surface area (Å²) in [5, 5.41) is 10.1. The number of unbranched alkanes of at least 4 members (excludes halogenated alkanes) is 3. The first-order chi connectivity index (χ1) is 21.6. The molecule has 256 valence electrons. The van der Waals surface area contributed by atoms with Gasteiger partial charge in [0.25, 0.3) is 0 Å². The number of rotatable bonds is 15. The van der Waals surface area contributed by atoms with Crippen LogP contribution in [0.1, 0.15) is 93.7 Å². The number of hydrogen-bond acceptors (Lipinski definition) is 4. The molecule has 1 heterocycles. The molecule has 4 nitrogen and oxygen atoms in total. The number of fused-ring (bicyclic) bond motifs is 1. The van der Waals surface area contributed by atoms with Crippen molar-refractivity contribution >= 4 is 21.0 Å². The molecule has 0 bridgehead atoms. The van der Waals surface area contributed by atoms with Gasteiger partial charge in [0, 0.05) is 18.5 Å². The molecule has 1 aliphatic heterocycles. The number of phenols is 1. The van der Waals surface area contributed by atoms with Gasteiger partial charge >= 0.3 is 12.1 Å². The van der Waals surface area contributed by atoms with E-state index >= 15 is 0 Å². The second-order valence-electron chi connectivity index (χ2n) is 12.6. The van der Waals surface area contributed by atoms with Gasteiger partial charge in [-0.1, -0.05) is 18.9 Å². The standard InChI is InChI=1S/C34H42F7NO3S/c35-26-20-25(21-27(36)23-26)30-11-5-8-24-22-29(43)12-13-31(24)32(30)10-3-1-2-4-16-42-17-6-9-28(42)14-19-46(44,45)18-7-15-33(37,38)34(39,40)41/h12-13,20-23,28,43H,1-11,14-19H2. The van der Waals surface area contributed by atoms with Crippen LogP contribution in [-0.2, 0) is 16.3 Å². The van der Waals surface area contributed by atoms with E-state index < -0.39 is 52.2 Å². The van der Waals surface area contributed by atoms with E-state index in [1.807, 2.05) is 6.07 Å². The Balaban J connectivity index is 1.27. The van der Waals surface area contributed by atoms with Gasteiger partial charge in [0.2, 0.25) is 0 Å². The Bertz CT molecular complexity index is 1450. The highest BCUT2D eigenvalue weighted by molar-refractivity contribution is 7.91. The molecular weight excluding hydrogens is 635 g/mol. The van der Waals surface area contributed by atoms with E-state index in [4.69, 9.17) is 0 Å². The van der Waals surface area contributed by atoms with E-state index in [1.165, 1.54) is 12.1 Å². The fourth-order valence-corrected chi connectivity index (χ4v) is 8.16. The molecule has 2 aliphatic rings. The van der Waals surface area contributed by atoms with Crippen molar-refractivity contribution in [3.63, 3.8) is 0 Å². The van der Waals surface area contributed by atoms with Crippen molar-refractivity contribution in [2.24, 2.45) is 0 Å². The third kappa shape index (κ3) is 9.95. The molecule has 1 saturated heterocycles. The average Bonchev–Trinajstić information content (AvgIpc) is 3.33. The molecule has 0 spiro atoms. The zero-order valence-electron chi connectivity index (χ0n) is 25.8. The molecule has 1 unspecified atom stereocenters. The third-order valence-corrected chi connectivity index (χ3v) is 10.9. The summed E-state index contributed by atoms with van der Waals surface area (Å²) < 4.78 is 116. The van der Waals surface area contributed by atoms with Crippen molar-refractivity contribution in [3.8, 4) is 5.75 Å².